The van der Waals surface area contributed by atoms with E-state index in [0.717, 1.165) is 11.3 Å². The molecule has 1 N–H and O–H groups in total. The first kappa shape index (κ1) is 26.9. The minimum atomic E-state index is -0.803. The van der Waals surface area contributed by atoms with Gasteiger partial charge in [0, 0.05) is 36.9 Å². The van der Waals surface area contributed by atoms with Crippen molar-refractivity contribution in [2.24, 2.45) is 0 Å². The summed E-state index contributed by atoms with van der Waals surface area (Å²) in [5.74, 6) is -1.58. The first-order valence-corrected chi connectivity index (χ1v) is 12.6. The molecule has 1 amide bonds. The number of nitrogens with zero attached hydrogens (tertiary/aromatic N) is 2. The summed E-state index contributed by atoms with van der Waals surface area (Å²) in [4.78, 5) is 30.0. The van der Waals surface area contributed by atoms with E-state index in [1.54, 1.807) is 12.1 Å². The van der Waals surface area contributed by atoms with Crippen LogP contribution >= 0.6 is 34.8 Å². The Kier molecular flexibility index (Phi) is 8.02. The Bertz CT molecular complexity index is 1350. The molecule has 9 heteroatoms. The second-order valence-corrected chi connectivity index (χ2v) is 10.1. The van der Waals surface area contributed by atoms with Gasteiger partial charge >= 0.3 is 0 Å². The van der Waals surface area contributed by atoms with Gasteiger partial charge in [-0.25, -0.2) is 0 Å². The molecule has 37 heavy (non-hydrogen) atoms. The van der Waals surface area contributed by atoms with E-state index >= 15 is 0 Å². The van der Waals surface area contributed by atoms with Crippen molar-refractivity contribution in [1.29, 1.82) is 0 Å². The minimum absolute atomic E-state index is 0.0315. The van der Waals surface area contributed by atoms with Crippen LogP contribution in [0.2, 0.25) is 15.1 Å². The predicted molar refractivity (Wildman–Crippen MR) is 148 cm³/mol. The smallest absolute Gasteiger partial charge is 0.295 e. The largest absolute Gasteiger partial charge is 0.507 e. The van der Waals surface area contributed by atoms with Gasteiger partial charge in [0.25, 0.3) is 11.7 Å². The van der Waals surface area contributed by atoms with E-state index in [2.05, 4.69) is 0 Å². The van der Waals surface area contributed by atoms with E-state index < -0.39 is 17.7 Å². The minimum Gasteiger partial charge on any atom is -0.507 e. The molecule has 0 bridgehead atoms. The number of rotatable bonds is 7. The molecule has 0 spiro atoms. The Balaban J connectivity index is 1.81. The maximum Gasteiger partial charge on any atom is 0.295 e. The summed E-state index contributed by atoms with van der Waals surface area (Å²) in [5.41, 5.74) is 2.78. The number of hydrogen-bond acceptors (Lipinski definition) is 5. The molecule has 1 saturated heterocycles. The highest BCUT2D eigenvalue weighted by Gasteiger charge is 2.46. The number of ketones is 1. The van der Waals surface area contributed by atoms with Gasteiger partial charge in [0.1, 0.15) is 5.76 Å². The lowest BCUT2D eigenvalue weighted by molar-refractivity contribution is -0.139. The molecule has 1 aliphatic heterocycles. The third kappa shape index (κ3) is 5.42. The lowest BCUT2D eigenvalue weighted by Crippen LogP contribution is -2.31. The number of amides is 1. The van der Waals surface area contributed by atoms with Gasteiger partial charge in [0.2, 0.25) is 0 Å². The third-order valence-corrected chi connectivity index (χ3v) is 7.11. The topological polar surface area (TPSA) is 70.1 Å². The summed E-state index contributed by atoms with van der Waals surface area (Å²) in [6.45, 7) is 0.257. The number of carbonyl (C=O) groups excluding carboxylic acids is 2. The van der Waals surface area contributed by atoms with Gasteiger partial charge in [-0.2, -0.15) is 0 Å². The van der Waals surface area contributed by atoms with Crippen molar-refractivity contribution in [3.63, 3.8) is 0 Å². The summed E-state index contributed by atoms with van der Waals surface area (Å²) in [7, 11) is 5.27. The molecule has 4 rings (SSSR count). The molecule has 1 atom stereocenters. The van der Waals surface area contributed by atoms with E-state index in [4.69, 9.17) is 39.5 Å². The van der Waals surface area contributed by atoms with Crippen LogP contribution in [0.5, 0.6) is 5.75 Å². The van der Waals surface area contributed by atoms with Crippen LogP contribution in [-0.4, -0.2) is 49.4 Å². The number of hydrogen-bond donors (Lipinski definition) is 1. The SMILES string of the molecule is COc1c(Cl)cc(/C(O)=C2\C(=O)C(=O)N(CCc3ccc(Cl)cc3)C2c2ccc(N(C)C)cc2)cc1Cl. The number of ether oxygens (including phenoxy) is 1. The average Bonchev–Trinajstić information content (AvgIpc) is 3.12. The van der Waals surface area contributed by atoms with Crippen LogP contribution in [0.1, 0.15) is 22.7 Å². The lowest BCUT2D eigenvalue weighted by atomic mass is 9.95. The van der Waals surface area contributed by atoms with Crippen LogP contribution in [0, 0.1) is 0 Å². The van der Waals surface area contributed by atoms with Gasteiger partial charge in [0.05, 0.1) is 28.8 Å². The highest BCUT2D eigenvalue weighted by atomic mass is 35.5. The van der Waals surface area contributed by atoms with Gasteiger partial charge in [0.15, 0.2) is 5.75 Å². The zero-order valence-electron chi connectivity index (χ0n) is 20.5. The van der Waals surface area contributed by atoms with Crippen LogP contribution in [0.4, 0.5) is 5.69 Å². The van der Waals surface area contributed by atoms with Crippen molar-refractivity contribution >= 4 is 57.9 Å². The zero-order valence-corrected chi connectivity index (χ0v) is 22.7. The van der Waals surface area contributed by atoms with Crippen molar-refractivity contribution in [3.8, 4) is 5.75 Å². The van der Waals surface area contributed by atoms with Crippen molar-refractivity contribution in [1.82, 2.24) is 4.90 Å². The number of carbonyl (C=O) groups is 2. The predicted octanol–water partition coefficient (Wildman–Crippen LogP) is 6.39. The summed E-state index contributed by atoms with van der Waals surface area (Å²) < 4.78 is 5.19. The number of Topliss-reactive ketones (excluding diaryl/α,β-unsaturated/α-hetero) is 1. The summed E-state index contributed by atoms with van der Waals surface area (Å²) in [6.07, 6.45) is 0.497. The second-order valence-electron chi connectivity index (χ2n) is 8.83. The van der Waals surface area contributed by atoms with Gasteiger partial charge < -0.3 is 19.6 Å². The average molecular weight is 560 g/mol. The van der Waals surface area contributed by atoms with Crippen LogP contribution in [0.15, 0.2) is 66.2 Å². The molecule has 1 aliphatic rings. The summed E-state index contributed by atoms with van der Waals surface area (Å²) in [6, 6.07) is 16.9. The molecule has 1 heterocycles. The van der Waals surface area contributed by atoms with E-state index in [0.29, 0.717) is 17.0 Å². The number of aliphatic hydroxyl groups excluding tert-OH is 1. The molecule has 3 aromatic carbocycles. The molecule has 0 radical (unpaired) electrons. The first-order chi connectivity index (χ1) is 17.6. The maximum absolute atomic E-state index is 13.3. The molecule has 0 aromatic heterocycles. The summed E-state index contributed by atoms with van der Waals surface area (Å²) in [5, 5.41) is 12.3. The Morgan fingerprint density at radius 1 is 0.973 bits per heavy atom. The van der Waals surface area contributed by atoms with Crippen LogP contribution in [0.25, 0.3) is 5.76 Å². The van der Waals surface area contributed by atoms with Crippen molar-refractivity contribution < 1.29 is 19.4 Å². The number of halogens is 3. The highest BCUT2D eigenvalue weighted by Crippen LogP contribution is 2.42. The van der Waals surface area contributed by atoms with E-state index in [1.165, 1.54) is 24.1 Å². The third-order valence-electron chi connectivity index (χ3n) is 6.30. The molecule has 1 fully saturated rings. The molecule has 192 valence electrons. The Labute approximate surface area is 230 Å². The van der Waals surface area contributed by atoms with Crippen LogP contribution < -0.4 is 9.64 Å². The Morgan fingerprint density at radius 3 is 2.11 bits per heavy atom. The van der Waals surface area contributed by atoms with E-state index in [-0.39, 0.29) is 39.2 Å². The number of aliphatic hydroxyl groups is 1. The van der Waals surface area contributed by atoms with Crippen LogP contribution in [-0.2, 0) is 16.0 Å². The molecule has 6 nitrogen and oxygen atoms in total. The number of anilines is 1. The van der Waals surface area contributed by atoms with Crippen LogP contribution in [0.3, 0.4) is 0 Å². The second kappa shape index (κ2) is 11.1. The fourth-order valence-electron chi connectivity index (χ4n) is 4.36. The highest BCUT2D eigenvalue weighted by molar-refractivity contribution is 6.46. The van der Waals surface area contributed by atoms with Crippen molar-refractivity contribution in [2.45, 2.75) is 12.5 Å². The quantitative estimate of drug-likeness (QED) is 0.206. The normalized spacial score (nSPS) is 16.8. The maximum atomic E-state index is 13.3. The van der Waals surface area contributed by atoms with Crippen molar-refractivity contribution in [2.75, 3.05) is 32.6 Å². The molecular formula is C28H25Cl3N2O4. The number of benzene rings is 3. The molecule has 0 aliphatic carbocycles. The first-order valence-electron chi connectivity index (χ1n) is 11.5. The molecular weight excluding hydrogens is 535 g/mol. The standard InChI is InChI=1S/C28H25Cl3N2O4/c1-32(2)20-10-6-17(7-11-20)24-23(25(34)18-14-21(30)27(37-3)22(31)15-18)26(35)28(36)33(24)13-12-16-4-8-19(29)9-5-16/h4-11,14-15,24,34H,12-13H2,1-3H3/b25-23+. The van der Waals surface area contributed by atoms with E-state index in [1.807, 2.05) is 55.4 Å². The zero-order chi connectivity index (χ0) is 26.9. The molecule has 0 saturated carbocycles. The van der Waals surface area contributed by atoms with Gasteiger partial charge in [-0.1, -0.05) is 59.1 Å². The number of methoxy groups -OCH3 is 1. The van der Waals surface area contributed by atoms with Gasteiger partial charge in [-0.15, -0.1) is 0 Å². The fraction of sp³-hybridized carbons (Fsp3) is 0.214. The number of likely N-dealkylation sites (tertiary alicyclic amines) is 1. The molecule has 1 unspecified atom stereocenters. The fourth-order valence-corrected chi connectivity index (χ4v) is 5.13. The van der Waals surface area contributed by atoms with E-state index in [9.17, 15) is 14.7 Å². The Morgan fingerprint density at radius 2 is 1.57 bits per heavy atom. The monoisotopic (exact) mass is 558 g/mol. The molecule has 3 aromatic rings. The lowest BCUT2D eigenvalue weighted by Gasteiger charge is -2.26. The Hall–Kier alpha value is -3.19. The van der Waals surface area contributed by atoms with Crippen molar-refractivity contribution in [3.05, 3.63) is 98.0 Å². The van der Waals surface area contributed by atoms with Gasteiger partial charge in [-0.05, 0) is 53.9 Å². The summed E-state index contributed by atoms with van der Waals surface area (Å²) >= 11 is 18.6. The van der Waals surface area contributed by atoms with Gasteiger partial charge in [-0.3, -0.25) is 9.59 Å².